The topological polar surface area (TPSA) is 94.2 Å². The molecular weight excluding hydrogens is 317 g/mol. The summed E-state index contributed by atoms with van der Waals surface area (Å²) in [6, 6.07) is -0.132. The molecule has 1 aliphatic heterocycles. The number of rotatable bonds is 2. The van der Waals surface area contributed by atoms with Crippen LogP contribution in [0.25, 0.3) is 0 Å². The molecule has 1 aromatic rings. The van der Waals surface area contributed by atoms with Crippen molar-refractivity contribution in [1.82, 2.24) is 25.0 Å². The minimum Gasteiger partial charge on any atom is -0.331 e. The van der Waals surface area contributed by atoms with Gasteiger partial charge in [0.15, 0.2) is 0 Å². The van der Waals surface area contributed by atoms with Crippen LogP contribution in [0.3, 0.4) is 0 Å². The third kappa shape index (κ3) is 4.11. The fraction of sp³-hybridized carbons (Fsp3) is 0.667. The lowest BCUT2D eigenvalue weighted by atomic mass is 9.96. The number of hydrogen-bond acceptors (Lipinski definition) is 4. The largest absolute Gasteiger partial charge is 0.451 e. The predicted molar refractivity (Wildman–Crippen MR) is 73.4 cm³/mol. The van der Waals surface area contributed by atoms with E-state index in [0.29, 0.717) is 25.9 Å². The van der Waals surface area contributed by atoms with Crippen LogP contribution in [0.15, 0.2) is 0 Å². The summed E-state index contributed by atoms with van der Waals surface area (Å²) in [6.45, 7) is 0.827. The Hall–Kier alpha value is -2.33. The van der Waals surface area contributed by atoms with Gasteiger partial charge in [-0.25, -0.2) is 4.79 Å². The van der Waals surface area contributed by atoms with Gasteiger partial charge < -0.3 is 9.80 Å². The Bertz CT molecular complexity index is 578. The minimum atomic E-state index is -4.64. The summed E-state index contributed by atoms with van der Waals surface area (Å²) < 4.78 is 37.2. The Kier molecular flexibility index (Phi) is 4.76. The lowest BCUT2D eigenvalue weighted by Crippen LogP contribution is -2.45. The molecule has 3 amide bonds. The van der Waals surface area contributed by atoms with Crippen molar-refractivity contribution in [3.05, 3.63) is 5.82 Å². The number of aromatic amines is 1. The van der Waals surface area contributed by atoms with Gasteiger partial charge in [0.05, 0.1) is 0 Å². The second-order valence-corrected chi connectivity index (χ2v) is 5.43. The number of likely N-dealkylation sites (tertiary alicyclic amines) is 1. The van der Waals surface area contributed by atoms with E-state index in [0.717, 1.165) is 0 Å². The first-order valence-electron chi connectivity index (χ1n) is 6.95. The number of aromatic nitrogens is 3. The van der Waals surface area contributed by atoms with Crippen molar-refractivity contribution in [3.8, 4) is 0 Å². The molecule has 1 fully saturated rings. The van der Waals surface area contributed by atoms with Crippen LogP contribution < -0.4 is 5.32 Å². The molecule has 0 bridgehead atoms. The van der Waals surface area contributed by atoms with Crippen molar-refractivity contribution >= 4 is 17.9 Å². The highest BCUT2D eigenvalue weighted by Crippen LogP contribution is 2.26. The molecule has 0 radical (unpaired) electrons. The SMILES string of the molecule is CN(C)C(=O)N1CCC(C(=O)Nc2n[nH]c(C(F)(F)F)n2)CC1. The van der Waals surface area contributed by atoms with Gasteiger partial charge in [0.2, 0.25) is 17.7 Å². The number of amides is 3. The molecule has 0 atom stereocenters. The van der Waals surface area contributed by atoms with E-state index in [-0.39, 0.29) is 6.03 Å². The van der Waals surface area contributed by atoms with Crippen molar-refractivity contribution < 1.29 is 22.8 Å². The summed E-state index contributed by atoms with van der Waals surface area (Å²) in [5.41, 5.74) is 0. The van der Waals surface area contributed by atoms with Crippen LogP contribution in [-0.2, 0) is 11.0 Å². The highest BCUT2D eigenvalue weighted by molar-refractivity contribution is 5.91. The number of anilines is 1. The van der Waals surface area contributed by atoms with E-state index in [9.17, 15) is 22.8 Å². The molecule has 2 rings (SSSR count). The average molecular weight is 334 g/mol. The third-order valence-corrected chi connectivity index (χ3v) is 3.51. The van der Waals surface area contributed by atoms with E-state index in [2.05, 4.69) is 15.4 Å². The van der Waals surface area contributed by atoms with E-state index >= 15 is 0 Å². The number of nitrogens with zero attached hydrogens (tertiary/aromatic N) is 4. The smallest absolute Gasteiger partial charge is 0.331 e. The number of carbonyl (C=O) groups excluding carboxylic acids is 2. The van der Waals surface area contributed by atoms with Crippen LogP contribution in [0.1, 0.15) is 18.7 Å². The monoisotopic (exact) mass is 334 g/mol. The first kappa shape index (κ1) is 17.0. The van der Waals surface area contributed by atoms with Crippen molar-refractivity contribution in [2.45, 2.75) is 19.0 Å². The molecule has 2 N–H and O–H groups in total. The number of nitrogens with one attached hydrogen (secondary N) is 2. The highest BCUT2D eigenvalue weighted by Gasteiger charge is 2.36. The van der Waals surface area contributed by atoms with Gasteiger partial charge in [-0.05, 0) is 12.8 Å². The van der Waals surface area contributed by atoms with Gasteiger partial charge >= 0.3 is 12.2 Å². The Labute approximate surface area is 130 Å². The zero-order chi connectivity index (χ0) is 17.2. The maximum atomic E-state index is 12.4. The summed E-state index contributed by atoms with van der Waals surface area (Å²) in [4.78, 5) is 30.1. The number of H-pyrrole nitrogens is 1. The number of piperidine rings is 1. The van der Waals surface area contributed by atoms with Crippen molar-refractivity contribution in [1.29, 1.82) is 0 Å². The molecule has 1 saturated heterocycles. The standard InChI is InChI=1S/C12H17F3N6O2/c1-20(2)11(23)21-5-3-7(4-6-21)8(22)16-10-17-9(18-19-10)12(13,14)15/h7H,3-6H2,1-2H3,(H2,16,17,18,19,22). The molecule has 0 spiro atoms. The molecule has 0 saturated carbocycles. The van der Waals surface area contributed by atoms with Crippen LogP contribution in [-0.4, -0.2) is 64.1 Å². The Balaban J connectivity index is 1.88. The Morgan fingerprint density at radius 3 is 2.39 bits per heavy atom. The molecule has 1 aliphatic rings. The van der Waals surface area contributed by atoms with Gasteiger partial charge in [-0.1, -0.05) is 0 Å². The zero-order valence-electron chi connectivity index (χ0n) is 12.6. The quantitative estimate of drug-likeness (QED) is 0.848. The Morgan fingerprint density at radius 2 is 1.91 bits per heavy atom. The van der Waals surface area contributed by atoms with E-state index in [1.807, 2.05) is 0 Å². The summed E-state index contributed by atoms with van der Waals surface area (Å²) in [5, 5.41) is 7.32. The summed E-state index contributed by atoms with van der Waals surface area (Å²) in [7, 11) is 3.28. The van der Waals surface area contributed by atoms with Crippen LogP contribution >= 0.6 is 0 Å². The fourth-order valence-corrected chi connectivity index (χ4v) is 2.27. The molecule has 128 valence electrons. The number of halogens is 3. The molecule has 8 nitrogen and oxygen atoms in total. The molecule has 1 aromatic heterocycles. The highest BCUT2D eigenvalue weighted by atomic mass is 19.4. The van der Waals surface area contributed by atoms with Crippen molar-refractivity contribution in [2.24, 2.45) is 5.92 Å². The molecule has 0 unspecified atom stereocenters. The van der Waals surface area contributed by atoms with E-state index < -0.39 is 29.8 Å². The van der Waals surface area contributed by atoms with Gasteiger partial charge in [0.25, 0.3) is 0 Å². The predicted octanol–water partition coefficient (Wildman–Crippen LogP) is 1.16. The summed E-state index contributed by atoms with van der Waals surface area (Å²) >= 11 is 0. The zero-order valence-corrected chi connectivity index (χ0v) is 12.6. The van der Waals surface area contributed by atoms with Crippen LogP contribution in [0.2, 0.25) is 0 Å². The van der Waals surface area contributed by atoms with Gasteiger partial charge in [-0.3, -0.25) is 15.2 Å². The third-order valence-electron chi connectivity index (χ3n) is 3.51. The van der Waals surface area contributed by atoms with E-state index in [1.54, 1.807) is 24.1 Å². The fourth-order valence-electron chi connectivity index (χ4n) is 2.27. The maximum Gasteiger partial charge on any atom is 0.451 e. The van der Waals surface area contributed by atoms with Gasteiger partial charge in [0.1, 0.15) is 0 Å². The van der Waals surface area contributed by atoms with E-state index in [4.69, 9.17) is 0 Å². The first-order valence-corrected chi connectivity index (χ1v) is 6.95. The van der Waals surface area contributed by atoms with Crippen LogP contribution in [0.4, 0.5) is 23.9 Å². The average Bonchev–Trinajstić information content (AvgIpc) is 2.95. The van der Waals surface area contributed by atoms with Crippen LogP contribution in [0.5, 0.6) is 0 Å². The minimum absolute atomic E-state index is 0.132. The number of alkyl halides is 3. The van der Waals surface area contributed by atoms with E-state index in [1.165, 1.54) is 4.90 Å². The normalized spacial score (nSPS) is 16.3. The molecule has 23 heavy (non-hydrogen) atoms. The first-order chi connectivity index (χ1) is 10.7. The molecule has 2 heterocycles. The lowest BCUT2D eigenvalue weighted by Gasteiger charge is -2.32. The molecule has 0 aliphatic carbocycles. The van der Waals surface area contributed by atoms with Crippen LogP contribution in [0, 0.1) is 5.92 Å². The number of hydrogen-bond donors (Lipinski definition) is 2. The second kappa shape index (κ2) is 6.42. The van der Waals surface area contributed by atoms with Crippen molar-refractivity contribution in [3.63, 3.8) is 0 Å². The molecular formula is C12H17F3N6O2. The van der Waals surface area contributed by atoms with Gasteiger partial charge in [0, 0.05) is 33.1 Å². The lowest BCUT2D eigenvalue weighted by molar-refractivity contribution is -0.144. The second-order valence-electron chi connectivity index (χ2n) is 5.43. The molecule has 0 aromatic carbocycles. The van der Waals surface area contributed by atoms with Crippen molar-refractivity contribution in [2.75, 3.05) is 32.5 Å². The molecule has 11 heteroatoms. The Morgan fingerprint density at radius 1 is 1.30 bits per heavy atom. The summed E-state index contributed by atoms with van der Waals surface area (Å²) in [6.07, 6.45) is -3.78. The maximum absolute atomic E-state index is 12.4. The number of carbonyl (C=O) groups is 2. The van der Waals surface area contributed by atoms with Gasteiger partial charge in [-0.15, -0.1) is 5.10 Å². The number of urea groups is 1. The van der Waals surface area contributed by atoms with Gasteiger partial charge in [-0.2, -0.15) is 18.2 Å². The summed E-state index contributed by atoms with van der Waals surface area (Å²) in [5.74, 6) is -2.52.